The topological polar surface area (TPSA) is 71.3 Å². The number of halogens is 3. The number of aliphatic imine (C=N–C) groups is 1. The average Bonchev–Trinajstić information content (AvgIpc) is 3.07. The van der Waals surface area contributed by atoms with E-state index in [4.69, 9.17) is 14.5 Å². The molecule has 0 saturated heterocycles. The Bertz CT molecular complexity index is 1850. The van der Waals surface area contributed by atoms with Crippen molar-refractivity contribution in [3.05, 3.63) is 123 Å². The molecule has 0 bridgehead atoms. The first-order valence-corrected chi connectivity index (χ1v) is 18.8. The highest BCUT2D eigenvalue weighted by Gasteiger charge is 2.45. The van der Waals surface area contributed by atoms with Crippen LogP contribution in [0.15, 0.2) is 77.8 Å². The smallest absolute Gasteiger partial charge is 0.416 e. The van der Waals surface area contributed by atoms with Crippen LogP contribution in [0.25, 0.3) is 0 Å². The first kappa shape index (κ1) is 43.4. The van der Waals surface area contributed by atoms with Crippen LogP contribution in [0.5, 0.6) is 17.2 Å². The normalized spacial score (nSPS) is 14.0. The predicted octanol–water partition coefficient (Wildman–Crippen LogP) is 11.6. The van der Waals surface area contributed by atoms with E-state index in [0.717, 1.165) is 57.5 Å². The number of aromatic hydroxyl groups is 1. The van der Waals surface area contributed by atoms with Gasteiger partial charge in [0.25, 0.3) is 0 Å². The van der Waals surface area contributed by atoms with Crippen molar-refractivity contribution < 1.29 is 32.9 Å². The summed E-state index contributed by atoms with van der Waals surface area (Å²) in [6.07, 6.45) is -3.18. The Morgan fingerprint density at radius 2 is 1.00 bits per heavy atom. The number of hydrogen-bond acceptors (Lipinski definition) is 5. The van der Waals surface area contributed by atoms with Crippen LogP contribution < -0.4 is 9.47 Å². The molecule has 4 rings (SSSR count). The van der Waals surface area contributed by atoms with Crippen LogP contribution >= 0.6 is 0 Å². The van der Waals surface area contributed by atoms with Crippen LogP contribution in [0.2, 0.25) is 0 Å². The number of ether oxygens (including phenoxy) is 2. The summed E-state index contributed by atoms with van der Waals surface area (Å²) in [5.74, 6) is 1.09. The highest BCUT2D eigenvalue weighted by atomic mass is 19.4. The highest BCUT2D eigenvalue weighted by molar-refractivity contribution is 5.84. The van der Waals surface area contributed by atoms with Gasteiger partial charge in [-0.1, -0.05) is 113 Å². The fourth-order valence-electron chi connectivity index (χ4n) is 7.07. The predicted molar refractivity (Wildman–Crippen MR) is 218 cm³/mol. The molecular weight excluding hydrogens is 700 g/mol. The van der Waals surface area contributed by atoms with Gasteiger partial charge in [-0.05, 0) is 87.2 Å². The van der Waals surface area contributed by atoms with Gasteiger partial charge < -0.3 is 19.7 Å². The minimum atomic E-state index is -4.63. The first-order valence-electron chi connectivity index (χ1n) is 18.8. The van der Waals surface area contributed by atoms with Crippen molar-refractivity contribution in [1.29, 1.82) is 0 Å². The zero-order valence-electron chi connectivity index (χ0n) is 35.1. The molecule has 0 amide bonds. The summed E-state index contributed by atoms with van der Waals surface area (Å²) >= 11 is 0. The summed E-state index contributed by atoms with van der Waals surface area (Å²) in [5.41, 5.74) is 0.909. The van der Waals surface area contributed by atoms with Crippen molar-refractivity contribution in [2.24, 2.45) is 4.99 Å². The van der Waals surface area contributed by atoms with E-state index in [2.05, 4.69) is 83.1 Å². The molecular formula is C47H60F3NO4. The SMILES string of the molecule is COc1c(C(C)(C)C)cc(C(O)(c2cc(C(C)(C)C)c(OC)c(C(C)(C)C)c2)C(Cc2ccccc2)N=Cc2cc(C(F)(F)F)ccc2O)cc1C(C)(C)C. The second kappa shape index (κ2) is 15.3. The van der Waals surface area contributed by atoms with Crippen molar-refractivity contribution >= 4 is 6.21 Å². The van der Waals surface area contributed by atoms with Gasteiger partial charge in [-0.3, -0.25) is 4.99 Å². The van der Waals surface area contributed by atoms with E-state index in [9.17, 15) is 23.4 Å². The van der Waals surface area contributed by atoms with Crippen molar-refractivity contribution in [3.63, 3.8) is 0 Å². The third kappa shape index (κ3) is 9.40. The monoisotopic (exact) mass is 759 g/mol. The van der Waals surface area contributed by atoms with Gasteiger partial charge in [-0.2, -0.15) is 13.2 Å². The molecule has 4 aromatic carbocycles. The molecule has 0 saturated carbocycles. The lowest BCUT2D eigenvalue weighted by atomic mass is 9.70. The fraction of sp³-hybridized carbons (Fsp3) is 0.468. The van der Waals surface area contributed by atoms with Crippen molar-refractivity contribution in [2.75, 3.05) is 14.2 Å². The Labute approximate surface area is 326 Å². The molecule has 0 heterocycles. The summed E-state index contributed by atoms with van der Waals surface area (Å²) in [7, 11) is 3.31. The molecule has 0 aliphatic rings. The maximum absolute atomic E-state index is 14.1. The molecule has 8 heteroatoms. The number of hydrogen-bond donors (Lipinski definition) is 2. The van der Waals surface area contributed by atoms with Crippen LogP contribution in [-0.4, -0.2) is 36.7 Å². The molecule has 1 atom stereocenters. The molecule has 0 radical (unpaired) electrons. The Morgan fingerprint density at radius 1 is 0.600 bits per heavy atom. The number of benzene rings is 4. The molecule has 0 aliphatic carbocycles. The maximum atomic E-state index is 14.1. The van der Waals surface area contributed by atoms with Crippen molar-refractivity contribution in [1.82, 2.24) is 0 Å². The molecule has 298 valence electrons. The van der Waals surface area contributed by atoms with E-state index >= 15 is 0 Å². The number of nitrogens with zero attached hydrogens (tertiary/aromatic N) is 1. The van der Waals surface area contributed by atoms with Gasteiger partial charge in [0.2, 0.25) is 0 Å². The number of aliphatic hydroxyl groups is 1. The molecule has 2 N–H and O–H groups in total. The minimum absolute atomic E-state index is 0.115. The lowest BCUT2D eigenvalue weighted by Gasteiger charge is -2.40. The number of rotatable bonds is 9. The van der Waals surface area contributed by atoms with Gasteiger partial charge in [-0.15, -0.1) is 0 Å². The van der Waals surface area contributed by atoms with Crippen LogP contribution in [-0.2, 0) is 39.9 Å². The Balaban J connectivity index is 2.27. The number of methoxy groups -OCH3 is 2. The van der Waals surface area contributed by atoms with Crippen LogP contribution in [0.1, 0.15) is 133 Å². The summed E-state index contributed by atoms with van der Waals surface area (Å²) in [4.78, 5) is 4.99. The van der Waals surface area contributed by atoms with Crippen molar-refractivity contribution in [3.8, 4) is 17.2 Å². The zero-order chi connectivity index (χ0) is 41.5. The first-order chi connectivity index (χ1) is 25.1. The van der Waals surface area contributed by atoms with E-state index in [1.165, 1.54) is 6.21 Å². The molecule has 55 heavy (non-hydrogen) atoms. The fourth-order valence-corrected chi connectivity index (χ4v) is 7.07. The molecule has 0 spiro atoms. The second-order valence-corrected chi connectivity index (χ2v) is 18.7. The number of phenolic OH excluding ortho intramolecular Hbond substituents is 1. The number of phenols is 1. The van der Waals surface area contributed by atoms with Crippen LogP contribution in [0.4, 0.5) is 13.2 Å². The molecule has 1 unspecified atom stereocenters. The Hall–Kier alpha value is -4.30. The third-order valence-electron chi connectivity index (χ3n) is 10.2. The largest absolute Gasteiger partial charge is 0.507 e. The number of alkyl halides is 3. The molecule has 0 aliphatic heterocycles. The minimum Gasteiger partial charge on any atom is -0.507 e. The van der Waals surface area contributed by atoms with Crippen LogP contribution in [0.3, 0.4) is 0 Å². The summed E-state index contributed by atoms with van der Waals surface area (Å²) in [5, 5.41) is 24.9. The lowest BCUT2D eigenvalue weighted by Crippen LogP contribution is -2.42. The average molecular weight is 760 g/mol. The van der Waals surface area contributed by atoms with Crippen LogP contribution in [0, 0.1) is 0 Å². The van der Waals surface area contributed by atoms with E-state index in [1.807, 2.05) is 54.6 Å². The van der Waals surface area contributed by atoms with E-state index in [-0.39, 0.29) is 17.7 Å². The van der Waals surface area contributed by atoms with Gasteiger partial charge >= 0.3 is 6.18 Å². The van der Waals surface area contributed by atoms with E-state index in [0.29, 0.717) is 11.1 Å². The third-order valence-corrected chi connectivity index (χ3v) is 10.2. The lowest BCUT2D eigenvalue weighted by molar-refractivity contribution is -0.137. The Morgan fingerprint density at radius 3 is 1.35 bits per heavy atom. The van der Waals surface area contributed by atoms with Gasteiger partial charge in [-0.25, -0.2) is 0 Å². The molecule has 4 aromatic rings. The molecule has 5 nitrogen and oxygen atoms in total. The van der Waals surface area contributed by atoms with E-state index in [1.54, 1.807) is 14.2 Å². The Kier molecular flexibility index (Phi) is 12.1. The standard InChI is InChI=1S/C47H60F3NO4/c1-42(2,3)34-24-32(25-35(40(34)54-13)43(4,5)6)46(53,33-26-36(44(7,8)9)41(55-14)37(27-33)45(10,11)12)39(22-29-18-16-15-17-19-29)51-28-30-23-31(47(48,49)50)20-21-38(30)52/h15-21,23-28,39,52-53H,22H2,1-14H3. The highest BCUT2D eigenvalue weighted by Crippen LogP contribution is 2.49. The zero-order valence-corrected chi connectivity index (χ0v) is 35.1. The summed E-state index contributed by atoms with van der Waals surface area (Å²) in [6, 6.07) is 19.3. The molecule has 0 aromatic heterocycles. The van der Waals surface area contributed by atoms with Gasteiger partial charge in [0.1, 0.15) is 22.8 Å². The summed E-state index contributed by atoms with van der Waals surface area (Å²) in [6.45, 7) is 25.2. The van der Waals surface area contributed by atoms with E-state index < -0.39 is 45.0 Å². The second-order valence-electron chi connectivity index (χ2n) is 18.7. The maximum Gasteiger partial charge on any atom is 0.416 e. The van der Waals surface area contributed by atoms with Gasteiger partial charge in [0, 0.05) is 34.0 Å². The van der Waals surface area contributed by atoms with Gasteiger partial charge in [0.05, 0.1) is 25.8 Å². The van der Waals surface area contributed by atoms with Gasteiger partial charge in [0.15, 0.2) is 0 Å². The van der Waals surface area contributed by atoms with Crippen molar-refractivity contribution in [2.45, 2.75) is 129 Å². The quantitative estimate of drug-likeness (QED) is 0.167. The molecule has 0 fully saturated rings. The summed E-state index contributed by atoms with van der Waals surface area (Å²) < 4.78 is 53.9.